The predicted molar refractivity (Wildman–Crippen MR) is 153 cm³/mol. The van der Waals surface area contributed by atoms with E-state index in [1.54, 1.807) is 19.1 Å². The highest BCUT2D eigenvalue weighted by atomic mass is 19.1. The van der Waals surface area contributed by atoms with Crippen molar-refractivity contribution in [2.45, 2.75) is 71.7 Å². The molecule has 0 fully saturated rings. The Morgan fingerprint density at radius 3 is 2.27 bits per heavy atom. The van der Waals surface area contributed by atoms with Crippen LogP contribution in [0.1, 0.15) is 70.2 Å². The zero-order valence-corrected chi connectivity index (χ0v) is 23.6. The zero-order valence-electron chi connectivity index (χ0n) is 23.6. The van der Waals surface area contributed by atoms with Crippen molar-refractivity contribution in [2.75, 3.05) is 6.54 Å². The molecule has 0 saturated carbocycles. The molecule has 3 rings (SSSR count). The lowest BCUT2D eigenvalue weighted by atomic mass is 10.0. The number of amides is 1. The van der Waals surface area contributed by atoms with E-state index in [1.807, 2.05) is 26.0 Å². The number of ether oxygens (including phenoxy) is 1. The van der Waals surface area contributed by atoms with Crippen molar-refractivity contribution < 1.29 is 23.1 Å². The average Bonchev–Trinajstić information content (AvgIpc) is 2.91. The average molecular weight is 552 g/mol. The predicted octanol–water partition coefficient (Wildman–Crippen LogP) is 5.25. The monoisotopic (exact) mass is 551 g/mol. The summed E-state index contributed by atoms with van der Waals surface area (Å²) in [6.45, 7) is 8.50. The highest BCUT2D eigenvalue weighted by Crippen LogP contribution is 2.16. The van der Waals surface area contributed by atoms with Crippen LogP contribution in [0.25, 0.3) is 0 Å². The Morgan fingerprint density at radius 1 is 0.925 bits per heavy atom. The molecule has 0 aliphatic rings. The number of aryl methyl sites for hydroxylation is 2. The van der Waals surface area contributed by atoms with Gasteiger partial charge in [-0.25, -0.2) is 13.6 Å². The van der Waals surface area contributed by atoms with Crippen LogP contribution in [0.15, 0.2) is 60.7 Å². The van der Waals surface area contributed by atoms with Crippen molar-refractivity contribution in [1.82, 2.24) is 10.6 Å². The van der Waals surface area contributed by atoms with E-state index in [2.05, 4.69) is 29.7 Å². The first kappa shape index (κ1) is 30.9. The Hall–Kier alpha value is -3.62. The minimum absolute atomic E-state index is 0.0115. The van der Waals surface area contributed by atoms with Gasteiger partial charge in [-0.15, -0.1) is 0 Å². The topological polar surface area (TPSA) is 93.4 Å². The first-order chi connectivity index (χ1) is 19.1. The Kier molecular flexibility index (Phi) is 11.3. The van der Waals surface area contributed by atoms with Crippen LogP contribution < -0.4 is 16.4 Å². The molecule has 3 atom stereocenters. The molecule has 40 heavy (non-hydrogen) atoms. The molecule has 0 spiro atoms. The van der Waals surface area contributed by atoms with Gasteiger partial charge in [0, 0.05) is 36.8 Å². The molecule has 3 aromatic rings. The maximum Gasteiger partial charge on any atom is 0.338 e. The van der Waals surface area contributed by atoms with Gasteiger partial charge in [-0.05, 0) is 85.7 Å². The number of hydrogen-bond donors (Lipinski definition) is 3. The van der Waals surface area contributed by atoms with Gasteiger partial charge in [-0.3, -0.25) is 4.79 Å². The molecule has 4 N–H and O–H groups in total. The minimum Gasteiger partial charge on any atom is -0.456 e. The van der Waals surface area contributed by atoms with Crippen molar-refractivity contribution in [3.05, 3.63) is 106 Å². The Morgan fingerprint density at radius 2 is 1.60 bits per heavy atom. The standard InChI is InChI=1S/C32H39F2N3O3/c1-5-21(4)37-31(38)25-10-20(3)11-26(16-25)32(39)40-30(19-36-18-23-9-7-8-22(6-2)12-23)29(35)15-24-13-27(33)17-28(34)14-24/h7-14,16-17,21,29-30,36H,5-6,15,18-19,35H2,1-4H3,(H,37,38)/t21?,29-,30+/m0/s1. The van der Waals surface area contributed by atoms with Gasteiger partial charge in [0.1, 0.15) is 17.7 Å². The summed E-state index contributed by atoms with van der Waals surface area (Å²) in [5.41, 5.74) is 10.4. The van der Waals surface area contributed by atoms with Gasteiger partial charge in [0.05, 0.1) is 5.56 Å². The normalized spacial score (nSPS) is 13.4. The second kappa shape index (κ2) is 14.7. The number of halogens is 2. The number of nitrogens with one attached hydrogen (secondary N) is 2. The molecule has 0 saturated heterocycles. The molecule has 6 nitrogen and oxygen atoms in total. The molecular weight excluding hydrogens is 512 g/mol. The fourth-order valence-electron chi connectivity index (χ4n) is 4.38. The van der Waals surface area contributed by atoms with Gasteiger partial charge in [0.15, 0.2) is 0 Å². The molecular formula is C32H39F2N3O3. The summed E-state index contributed by atoms with van der Waals surface area (Å²) < 4.78 is 33.4. The number of benzene rings is 3. The quantitative estimate of drug-likeness (QED) is 0.252. The van der Waals surface area contributed by atoms with Gasteiger partial charge >= 0.3 is 5.97 Å². The fraction of sp³-hybridized carbons (Fsp3) is 0.375. The third-order valence-corrected chi connectivity index (χ3v) is 6.77. The van der Waals surface area contributed by atoms with Crippen LogP contribution in [-0.2, 0) is 24.1 Å². The molecule has 8 heteroatoms. The zero-order chi connectivity index (χ0) is 29.2. The summed E-state index contributed by atoms with van der Waals surface area (Å²) in [6, 6.07) is 15.5. The summed E-state index contributed by atoms with van der Waals surface area (Å²) in [5, 5.41) is 6.20. The van der Waals surface area contributed by atoms with E-state index in [1.165, 1.54) is 23.8 Å². The molecule has 0 aliphatic carbocycles. The second-order valence-electron chi connectivity index (χ2n) is 10.3. The molecule has 1 unspecified atom stereocenters. The van der Waals surface area contributed by atoms with Gasteiger partial charge in [-0.1, -0.05) is 38.1 Å². The summed E-state index contributed by atoms with van der Waals surface area (Å²) >= 11 is 0. The number of nitrogens with two attached hydrogens (primary N) is 1. The van der Waals surface area contributed by atoms with Crippen LogP contribution >= 0.6 is 0 Å². The third-order valence-electron chi connectivity index (χ3n) is 6.77. The number of rotatable bonds is 13. The van der Waals surface area contributed by atoms with Gasteiger partial charge in [-0.2, -0.15) is 0 Å². The van der Waals surface area contributed by atoms with Crippen molar-refractivity contribution in [3.63, 3.8) is 0 Å². The molecule has 1 amide bonds. The van der Waals surface area contributed by atoms with Crippen LogP contribution in [0.2, 0.25) is 0 Å². The van der Waals surface area contributed by atoms with E-state index in [0.717, 1.165) is 30.0 Å². The molecule has 0 radical (unpaired) electrons. The smallest absolute Gasteiger partial charge is 0.338 e. The summed E-state index contributed by atoms with van der Waals surface area (Å²) in [6.07, 6.45) is 0.968. The second-order valence-corrected chi connectivity index (χ2v) is 10.3. The summed E-state index contributed by atoms with van der Waals surface area (Å²) in [5.74, 6) is -2.31. The fourth-order valence-corrected chi connectivity index (χ4v) is 4.38. The van der Waals surface area contributed by atoms with Crippen LogP contribution in [0.4, 0.5) is 8.78 Å². The van der Waals surface area contributed by atoms with Crippen molar-refractivity contribution >= 4 is 11.9 Å². The SMILES string of the molecule is CCc1cccc(CNC[C@@H](OC(=O)c2cc(C)cc(C(=O)NC(C)CC)c2)[C@@H](N)Cc2cc(F)cc(F)c2)c1. The Balaban J connectivity index is 1.78. The first-order valence-electron chi connectivity index (χ1n) is 13.7. The third kappa shape index (κ3) is 9.24. The number of carbonyl (C=O) groups is 2. The summed E-state index contributed by atoms with van der Waals surface area (Å²) in [7, 11) is 0. The van der Waals surface area contributed by atoms with Crippen molar-refractivity contribution in [3.8, 4) is 0 Å². The largest absolute Gasteiger partial charge is 0.456 e. The number of hydrogen-bond acceptors (Lipinski definition) is 5. The number of esters is 1. The van der Waals surface area contributed by atoms with Gasteiger partial charge in [0.2, 0.25) is 0 Å². The molecule has 0 heterocycles. The van der Waals surface area contributed by atoms with Gasteiger partial charge < -0.3 is 21.1 Å². The molecule has 214 valence electrons. The van der Waals surface area contributed by atoms with Crippen LogP contribution in [0, 0.1) is 18.6 Å². The first-order valence-corrected chi connectivity index (χ1v) is 13.7. The molecule has 3 aromatic carbocycles. The minimum atomic E-state index is -0.814. The van der Waals surface area contributed by atoms with Crippen LogP contribution in [0.3, 0.4) is 0 Å². The van der Waals surface area contributed by atoms with Crippen LogP contribution in [-0.4, -0.2) is 36.6 Å². The van der Waals surface area contributed by atoms with E-state index < -0.39 is 29.7 Å². The molecule has 0 bridgehead atoms. The van der Waals surface area contributed by atoms with E-state index >= 15 is 0 Å². The lowest BCUT2D eigenvalue weighted by Gasteiger charge is -2.25. The molecule has 0 aliphatic heterocycles. The lowest BCUT2D eigenvalue weighted by Crippen LogP contribution is -2.46. The van der Waals surface area contributed by atoms with E-state index in [9.17, 15) is 18.4 Å². The summed E-state index contributed by atoms with van der Waals surface area (Å²) in [4.78, 5) is 26.0. The van der Waals surface area contributed by atoms with E-state index in [0.29, 0.717) is 17.7 Å². The van der Waals surface area contributed by atoms with Crippen molar-refractivity contribution in [2.24, 2.45) is 5.73 Å². The maximum atomic E-state index is 13.8. The van der Waals surface area contributed by atoms with E-state index in [4.69, 9.17) is 10.5 Å². The maximum absolute atomic E-state index is 13.8. The highest BCUT2D eigenvalue weighted by Gasteiger charge is 2.25. The van der Waals surface area contributed by atoms with E-state index in [-0.39, 0.29) is 30.5 Å². The number of carbonyl (C=O) groups excluding carboxylic acids is 2. The lowest BCUT2D eigenvalue weighted by molar-refractivity contribution is 0.0238. The van der Waals surface area contributed by atoms with Gasteiger partial charge in [0.25, 0.3) is 5.91 Å². The highest BCUT2D eigenvalue weighted by molar-refractivity contribution is 5.98. The Bertz CT molecular complexity index is 1290. The van der Waals surface area contributed by atoms with Crippen molar-refractivity contribution in [1.29, 1.82) is 0 Å². The van der Waals surface area contributed by atoms with Crippen LogP contribution in [0.5, 0.6) is 0 Å². The molecule has 0 aromatic heterocycles. The Labute approximate surface area is 235 Å².